The van der Waals surface area contributed by atoms with Crippen molar-refractivity contribution in [3.63, 3.8) is 0 Å². The highest BCUT2D eigenvalue weighted by Crippen LogP contribution is 2.57. The molecule has 0 radical (unpaired) electrons. The van der Waals surface area contributed by atoms with Gasteiger partial charge in [-0.25, -0.2) is 0 Å². The standard InChI is InChI=1S/C17H22O3/c1-11-3-6-15(20-2)13(7-11)10-17(16(18)19)9-12-4-5-14(17)8-12/h3,6-7,12,14H,4-5,8-10H2,1-2H3,(H,18,19). The summed E-state index contributed by atoms with van der Waals surface area (Å²) < 4.78 is 5.42. The second kappa shape index (κ2) is 4.80. The molecular formula is C17H22O3. The van der Waals surface area contributed by atoms with Crippen molar-refractivity contribution in [2.24, 2.45) is 17.3 Å². The van der Waals surface area contributed by atoms with E-state index in [1.54, 1.807) is 7.11 Å². The topological polar surface area (TPSA) is 46.5 Å². The van der Waals surface area contributed by atoms with Crippen molar-refractivity contribution >= 4 is 5.97 Å². The quantitative estimate of drug-likeness (QED) is 0.915. The van der Waals surface area contributed by atoms with E-state index in [9.17, 15) is 9.90 Å². The summed E-state index contributed by atoms with van der Waals surface area (Å²) >= 11 is 0. The zero-order valence-corrected chi connectivity index (χ0v) is 12.2. The molecule has 1 aromatic rings. The molecule has 20 heavy (non-hydrogen) atoms. The van der Waals surface area contributed by atoms with Gasteiger partial charge in [-0.05, 0) is 56.1 Å². The number of fused-ring (bicyclic) bond motifs is 2. The molecular weight excluding hydrogens is 252 g/mol. The molecule has 0 saturated heterocycles. The summed E-state index contributed by atoms with van der Waals surface area (Å²) in [5.41, 5.74) is 1.64. The molecule has 3 atom stereocenters. The molecule has 108 valence electrons. The molecule has 2 saturated carbocycles. The van der Waals surface area contributed by atoms with Crippen molar-refractivity contribution < 1.29 is 14.6 Å². The van der Waals surface area contributed by atoms with Crippen LogP contribution >= 0.6 is 0 Å². The van der Waals surface area contributed by atoms with Gasteiger partial charge in [0.2, 0.25) is 0 Å². The first-order valence-corrected chi connectivity index (χ1v) is 7.42. The van der Waals surface area contributed by atoms with Crippen LogP contribution in [0.2, 0.25) is 0 Å². The van der Waals surface area contributed by atoms with Gasteiger partial charge in [0, 0.05) is 0 Å². The van der Waals surface area contributed by atoms with Gasteiger partial charge < -0.3 is 9.84 Å². The Hall–Kier alpha value is -1.51. The van der Waals surface area contributed by atoms with Crippen molar-refractivity contribution in [3.05, 3.63) is 29.3 Å². The van der Waals surface area contributed by atoms with Gasteiger partial charge in [0.15, 0.2) is 0 Å². The average Bonchev–Trinajstić information content (AvgIpc) is 3.00. The first kappa shape index (κ1) is 13.5. The largest absolute Gasteiger partial charge is 0.496 e. The summed E-state index contributed by atoms with van der Waals surface area (Å²) in [5.74, 6) is 1.16. The number of carbonyl (C=O) groups is 1. The number of carboxylic acids is 1. The zero-order valence-electron chi connectivity index (χ0n) is 12.2. The number of aryl methyl sites for hydroxylation is 1. The van der Waals surface area contributed by atoms with Crippen molar-refractivity contribution in [1.29, 1.82) is 0 Å². The maximum absolute atomic E-state index is 12.0. The summed E-state index contributed by atoms with van der Waals surface area (Å²) in [7, 11) is 1.66. The number of carboxylic acid groups (broad SMARTS) is 1. The minimum absolute atomic E-state index is 0.343. The summed E-state index contributed by atoms with van der Waals surface area (Å²) in [6.45, 7) is 2.04. The third-order valence-electron chi connectivity index (χ3n) is 5.34. The van der Waals surface area contributed by atoms with Crippen LogP contribution in [0, 0.1) is 24.2 Å². The Kier molecular flexibility index (Phi) is 3.23. The van der Waals surface area contributed by atoms with Crippen LogP contribution in [0.1, 0.15) is 36.8 Å². The summed E-state index contributed by atoms with van der Waals surface area (Å²) in [6, 6.07) is 6.04. The highest BCUT2D eigenvalue weighted by molar-refractivity contribution is 5.76. The van der Waals surface area contributed by atoms with Crippen LogP contribution in [0.4, 0.5) is 0 Å². The van der Waals surface area contributed by atoms with Gasteiger partial charge in [0.05, 0.1) is 12.5 Å². The first-order chi connectivity index (χ1) is 9.55. The van der Waals surface area contributed by atoms with Gasteiger partial charge in [-0.15, -0.1) is 0 Å². The van der Waals surface area contributed by atoms with Crippen LogP contribution in [-0.2, 0) is 11.2 Å². The van der Waals surface area contributed by atoms with Crippen LogP contribution in [0.3, 0.4) is 0 Å². The van der Waals surface area contributed by atoms with Crippen molar-refractivity contribution in [3.8, 4) is 5.75 Å². The van der Waals surface area contributed by atoms with E-state index < -0.39 is 11.4 Å². The lowest BCUT2D eigenvalue weighted by Crippen LogP contribution is -2.38. The molecule has 0 aliphatic heterocycles. The van der Waals surface area contributed by atoms with Gasteiger partial charge >= 0.3 is 5.97 Å². The molecule has 3 rings (SSSR count). The number of hydrogen-bond donors (Lipinski definition) is 1. The molecule has 3 unspecified atom stereocenters. The average molecular weight is 274 g/mol. The molecule has 0 amide bonds. The number of aliphatic carboxylic acids is 1. The van der Waals surface area contributed by atoms with Gasteiger partial charge in [0.1, 0.15) is 5.75 Å². The Balaban J connectivity index is 1.96. The molecule has 2 fully saturated rings. The van der Waals surface area contributed by atoms with E-state index in [-0.39, 0.29) is 0 Å². The van der Waals surface area contributed by atoms with Crippen LogP contribution in [0.15, 0.2) is 18.2 Å². The number of ether oxygens (including phenoxy) is 1. The van der Waals surface area contributed by atoms with Crippen molar-refractivity contribution in [1.82, 2.24) is 0 Å². The van der Waals surface area contributed by atoms with Gasteiger partial charge in [-0.1, -0.05) is 24.1 Å². The van der Waals surface area contributed by atoms with E-state index >= 15 is 0 Å². The predicted molar refractivity (Wildman–Crippen MR) is 77.0 cm³/mol. The number of benzene rings is 1. The van der Waals surface area contributed by atoms with Gasteiger partial charge in [-0.2, -0.15) is 0 Å². The molecule has 0 aromatic heterocycles. The van der Waals surface area contributed by atoms with E-state index in [1.165, 1.54) is 6.42 Å². The molecule has 1 N–H and O–H groups in total. The Morgan fingerprint density at radius 1 is 1.45 bits per heavy atom. The molecule has 3 heteroatoms. The fraction of sp³-hybridized carbons (Fsp3) is 0.588. The Morgan fingerprint density at radius 2 is 2.25 bits per heavy atom. The van der Waals surface area contributed by atoms with Crippen LogP contribution in [0.5, 0.6) is 5.75 Å². The highest BCUT2D eigenvalue weighted by atomic mass is 16.5. The number of hydrogen-bond acceptors (Lipinski definition) is 2. The Bertz CT molecular complexity index is 537. The summed E-state index contributed by atoms with van der Waals surface area (Å²) in [5, 5.41) is 9.84. The Labute approximate surface area is 120 Å². The lowest BCUT2D eigenvalue weighted by molar-refractivity contribution is -0.152. The molecule has 0 heterocycles. The minimum Gasteiger partial charge on any atom is -0.496 e. The Morgan fingerprint density at radius 3 is 2.80 bits per heavy atom. The zero-order chi connectivity index (χ0) is 14.3. The number of rotatable bonds is 4. The third-order valence-corrected chi connectivity index (χ3v) is 5.34. The maximum Gasteiger partial charge on any atom is 0.310 e. The third kappa shape index (κ3) is 2.00. The lowest BCUT2D eigenvalue weighted by atomic mass is 9.69. The van der Waals surface area contributed by atoms with E-state index in [0.717, 1.165) is 36.1 Å². The van der Waals surface area contributed by atoms with Gasteiger partial charge in [0.25, 0.3) is 0 Å². The summed E-state index contributed by atoms with van der Waals surface area (Å²) in [4.78, 5) is 12.0. The second-order valence-electron chi connectivity index (χ2n) is 6.53. The van der Waals surface area contributed by atoms with E-state index in [1.807, 2.05) is 19.1 Å². The lowest BCUT2D eigenvalue weighted by Gasteiger charge is -2.34. The first-order valence-electron chi connectivity index (χ1n) is 7.42. The predicted octanol–water partition coefficient (Wildman–Crippen LogP) is 3.44. The number of methoxy groups -OCH3 is 1. The highest BCUT2D eigenvalue weighted by Gasteiger charge is 2.55. The van der Waals surface area contributed by atoms with E-state index in [4.69, 9.17) is 4.74 Å². The maximum atomic E-state index is 12.0. The fourth-order valence-electron chi connectivity index (χ4n) is 4.38. The van der Waals surface area contributed by atoms with Gasteiger partial charge in [-0.3, -0.25) is 4.79 Å². The minimum atomic E-state index is -0.617. The normalized spacial score (nSPS) is 31.5. The molecule has 0 spiro atoms. The molecule has 2 aliphatic rings. The smallest absolute Gasteiger partial charge is 0.310 e. The van der Waals surface area contributed by atoms with Crippen LogP contribution in [0.25, 0.3) is 0 Å². The molecule has 1 aromatic carbocycles. The molecule has 3 nitrogen and oxygen atoms in total. The fourth-order valence-corrected chi connectivity index (χ4v) is 4.38. The monoisotopic (exact) mass is 274 g/mol. The molecule has 2 aliphatic carbocycles. The van der Waals surface area contributed by atoms with Crippen molar-refractivity contribution in [2.75, 3.05) is 7.11 Å². The van der Waals surface area contributed by atoms with Crippen molar-refractivity contribution in [2.45, 2.75) is 39.0 Å². The van der Waals surface area contributed by atoms with Crippen LogP contribution in [-0.4, -0.2) is 18.2 Å². The van der Waals surface area contributed by atoms with E-state index in [2.05, 4.69) is 6.07 Å². The molecule has 2 bridgehead atoms. The summed E-state index contributed by atoms with van der Waals surface area (Å²) in [6.07, 6.45) is 4.83. The van der Waals surface area contributed by atoms with E-state index in [0.29, 0.717) is 18.3 Å². The SMILES string of the molecule is COc1ccc(C)cc1CC1(C(=O)O)CC2CCC1C2. The second-order valence-corrected chi connectivity index (χ2v) is 6.53. The van der Waals surface area contributed by atoms with Crippen LogP contribution < -0.4 is 4.74 Å².